The van der Waals surface area contributed by atoms with Crippen molar-refractivity contribution < 1.29 is 14.1 Å². The molecule has 3 heterocycles. The number of rotatable bonds is 5. The molecule has 2 aromatic heterocycles. The summed E-state index contributed by atoms with van der Waals surface area (Å²) in [6, 6.07) is 3.75. The molecule has 0 aliphatic carbocycles. The van der Waals surface area contributed by atoms with Gasteiger partial charge in [-0.15, -0.1) is 0 Å². The molecule has 0 bridgehead atoms. The van der Waals surface area contributed by atoms with E-state index >= 15 is 0 Å². The number of amides is 1. The van der Waals surface area contributed by atoms with E-state index in [0.29, 0.717) is 32.1 Å². The summed E-state index contributed by atoms with van der Waals surface area (Å²) in [5, 5.41) is 10.9. The van der Waals surface area contributed by atoms with Gasteiger partial charge >= 0.3 is 0 Å². The summed E-state index contributed by atoms with van der Waals surface area (Å²) in [5.41, 5.74) is 2.86. The fourth-order valence-corrected chi connectivity index (χ4v) is 2.89. The minimum atomic E-state index is -0.113. The molecule has 2 aromatic rings. The first kappa shape index (κ1) is 16.7. The molecule has 3 rings (SSSR count). The average molecular weight is 333 g/mol. The Morgan fingerprint density at radius 1 is 1.33 bits per heavy atom. The Bertz CT molecular complexity index is 708. The predicted octanol–water partition coefficient (Wildman–Crippen LogP) is 1.14. The van der Waals surface area contributed by atoms with E-state index in [0.717, 1.165) is 23.6 Å². The van der Waals surface area contributed by atoms with E-state index in [4.69, 9.17) is 9.26 Å². The van der Waals surface area contributed by atoms with Crippen LogP contribution in [0.15, 0.2) is 16.7 Å². The highest BCUT2D eigenvalue weighted by Crippen LogP contribution is 2.11. The lowest BCUT2D eigenvalue weighted by atomic mass is 10.2. The van der Waals surface area contributed by atoms with Crippen LogP contribution in [0.3, 0.4) is 0 Å². The van der Waals surface area contributed by atoms with E-state index in [2.05, 4.69) is 20.5 Å². The molecule has 1 saturated heterocycles. The van der Waals surface area contributed by atoms with Crippen molar-refractivity contribution in [2.75, 3.05) is 31.6 Å². The van der Waals surface area contributed by atoms with Crippen LogP contribution in [0.5, 0.6) is 0 Å². The maximum atomic E-state index is 12.1. The summed E-state index contributed by atoms with van der Waals surface area (Å²) in [4.78, 5) is 14.2. The van der Waals surface area contributed by atoms with Gasteiger partial charge in [0.15, 0.2) is 0 Å². The van der Waals surface area contributed by atoms with Crippen LogP contribution in [-0.2, 0) is 16.1 Å². The Morgan fingerprint density at radius 3 is 2.83 bits per heavy atom. The second-order valence-electron chi connectivity index (χ2n) is 6.22. The number of ether oxygens (including phenoxy) is 1. The van der Waals surface area contributed by atoms with Crippen molar-refractivity contribution in [3.8, 4) is 0 Å². The van der Waals surface area contributed by atoms with E-state index in [1.807, 2.05) is 31.5 Å². The molecule has 1 fully saturated rings. The van der Waals surface area contributed by atoms with E-state index in [9.17, 15) is 4.79 Å². The molecule has 1 amide bonds. The Balaban J connectivity index is 1.51. The number of aryl methyl sites for hydroxylation is 3. The lowest BCUT2D eigenvalue weighted by Gasteiger charge is -2.32. The molecule has 0 saturated carbocycles. The molecule has 0 radical (unpaired) electrons. The van der Waals surface area contributed by atoms with Gasteiger partial charge in [-0.3, -0.25) is 19.7 Å². The molecule has 0 aromatic carbocycles. The molecule has 8 heteroatoms. The van der Waals surface area contributed by atoms with E-state index in [1.165, 1.54) is 0 Å². The topological polar surface area (TPSA) is 85.4 Å². The summed E-state index contributed by atoms with van der Waals surface area (Å²) in [7, 11) is 0. The van der Waals surface area contributed by atoms with Crippen LogP contribution in [-0.4, -0.2) is 58.1 Å². The molecule has 1 aliphatic heterocycles. The summed E-state index contributed by atoms with van der Waals surface area (Å²) < 4.78 is 12.8. The molecular formula is C16H23N5O3. The van der Waals surface area contributed by atoms with Gasteiger partial charge in [0, 0.05) is 24.8 Å². The largest absolute Gasteiger partial charge is 0.374 e. The quantitative estimate of drug-likeness (QED) is 0.883. The monoisotopic (exact) mass is 333 g/mol. The third-order valence-corrected chi connectivity index (χ3v) is 3.96. The Labute approximate surface area is 140 Å². The number of hydrogen-bond acceptors (Lipinski definition) is 6. The Hall–Kier alpha value is -2.19. The van der Waals surface area contributed by atoms with Gasteiger partial charge in [0.1, 0.15) is 0 Å². The maximum absolute atomic E-state index is 12.1. The van der Waals surface area contributed by atoms with Crippen molar-refractivity contribution in [1.82, 2.24) is 19.8 Å². The normalized spacial score (nSPS) is 18.7. The second-order valence-corrected chi connectivity index (χ2v) is 6.22. The molecular weight excluding hydrogens is 310 g/mol. The minimum absolute atomic E-state index is 0.0251. The Kier molecular flexibility index (Phi) is 4.96. The van der Waals surface area contributed by atoms with Gasteiger partial charge in [-0.25, -0.2) is 0 Å². The van der Waals surface area contributed by atoms with Gasteiger partial charge in [0.25, 0.3) is 0 Å². The van der Waals surface area contributed by atoms with Crippen LogP contribution >= 0.6 is 0 Å². The zero-order valence-corrected chi connectivity index (χ0v) is 14.3. The molecule has 1 atom stereocenters. The Morgan fingerprint density at radius 2 is 2.17 bits per heavy atom. The van der Waals surface area contributed by atoms with Crippen LogP contribution in [0.25, 0.3) is 0 Å². The molecule has 0 spiro atoms. The summed E-state index contributed by atoms with van der Waals surface area (Å²) >= 11 is 0. The summed E-state index contributed by atoms with van der Waals surface area (Å²) in [6.45, 7) is 8.86. The summed E-state index contributed by atoms with van der Waals surface area (Å²) in [6.07, 6.45) is 0.0251. The molecule has 1 N–H and O–H groups in total. The van der Waals surface area contributed by atoms with Gasteiger partial charge in [-0.05, 0) is 26.8 Å². The summed E-state index contributed by atoms with van der Waals surface area (Å²) in [5.74, 6) is 0.267. The molecule has 0 unspecified atom stereocenters. The highest BCUT2D eigenvalue weighted by atomic mass is 16.5. The first-order chi connectivity index (χ1) is 11.5. The van der Waals surface area contributed by atoms with Crippen molar-refractivity contribution in [3.05, 3.63) is 29.2 Å². The predicted molar refractivity (Wildman–Crippen MR) is 87.8 cm³/mol. The number of hydrogen-bond donors (Lipinski definition) is 1. The molecule has 130 valence electrons. The lowest BCUT2D eigenvalue weighted by molar-refractivity contribution is -0.119. The standard InChI is InChI=1S/C16H23N5O3/c1-11-6-13(3)21(18-11)9-14-8-20(4-5-23-14)10-15(22)17-16-7-12(2)19-24-16/h6-7,14H,4-5,8-10H2,1-3H3,(H,17,22)/t14-/m1/s1. The van der Waals surface area contributed by atoms with Crippen LogP contribution in [0.4, 0.5) is 5.88 Å². The fraction of sp³-hybridized carbons (Fsp3) is 0.562. The molecule has 1 aliphatic rings. The highest BCUT2D eigenvalue weighted by Gasteiger charge is 2.23. The number of anilines is 1. The molecule has 8 nitrogen and oxygen atoms in total. The third kappa shape index (κ3) is 4.21. The van der Waals surface area contributed by atoms with Crippen LogP contribution < -0.4 is 5.32 Å². The third-order valence-electron chi connectivity index (χ3n) is 3.96. The number of carbonyl (C=O) groups excluding carboxylic acids is 1. The van der Waals surface area contributed by atoms with Gasteiger partial charge in [0.2, 0.25) is 11.8 Å². The van der Waals surface area contributed by atoms with E-state index in [1.54, 1.807) is 6.07 Å². The van der Waals surface area contributed by atoms with Crippen molar-refractivity contribution in [3.63, 3.8) is 0 Å². The highest BCUT2D eigenvalue weighted by molar-refractivity contribution is 5.90. The second kappa shape index (κ2) is 7.14. The number of carbonyl (C=O) groups is 1. The number of aromatic nitrogens is 3. The van der Waals surface area contributed by atoms with Gasteiger partial charge < -0.3 is 9.26 Å². The van der Waals surface area contributed by atoms with Crippen molar-refractivity contribution in [2.45, 2.75) is 33.4 Å². The van der Waals surface area contributed by atoms with Gasteiger partial charge in [0.05, 0.1) is 37.2 Å². The van der Waals surface area contributed by atoms with Gasteiger partial charge in [-0.2, -0.15) is 5.10 Å². The van der Waals surface area contributed by atoms with Gasteiger partial charge in [-0.1, -0.05) is 5.16 Å². The number of nitrogens with zero attached hydrogens (tertiary/aromatic N) is 4. The number of morpholine rings is 1. The fourth-order valence-electron chi connectivity index (χ4n) is 2.89. The zero-order chi connectivity index (χ0) is 17.1. The smallest absolute Gasteiger partial charge is 0.240 e. The van der Waals surface area contributed by atoms with Crippen LogP contribution in [0.1, 0.15) is 17.1 Å². The average Bonchev–Trinajstić information content (AvgIpc) is 3.05. The van der Waals surface area contributed by atoms with Crippen molar-refractivity contribution in [2.24, 2.45) is 0 Å². The van der Waals surface area contributed by atoms with Crippen LogP contribution in [0, 0.1) is 20.8 Å². The van der Waals surface area contributed by atoms with E-state index < -0.39 is 0 Å². The minimum Gasteiger partial charge on any atom is -0.374 e. The first-order valence-corrected chi connectivity index (χ1v) is 8.08. The van der Waals surface area contributed by atoms with Crippen molar-refractivity contribution in [1.29, 1.82) is 0 Å². The first-order valence-electron chi connectivity index (χ1n) is 8.08. The molecule has 24 heavy (non-hydrogen) atoms. The van der Waals surface area contributed by atoms with Crippen molar-refractivity contribution >= 4 is 11.8 Å². The number of nitrogens with one attached hydrogen (secondary N) is 1. The SMILES string of the molecule is Cc1cc(NC(=O)CN2CCO[C@@H](Cn3nc(C)cc3C)C2)on1. The zero-order valence-electron chi connectivity index (χ0n) is 14.3. The van der Waals surface area contributed by atoms with E-state index in [-0.39, 0.29) is 12.0 Å². The van der Waals surface area contributed by atoms with Crippen LogP contribution in [0.2, 0.25) is 0 Å². The lowest BCUT2D eigenvalue weighted by Crippen LogP contribution is -2.47. The maximum Gasteiger partial charge on any atom is 0.240 e.